The zero-order chi connectivity index (χ0) is 23.7. The van der Waals surface area contributed by atoms with Gasteiger partial charge in [-0.05, 0) is 41.0 Å². The second-order valence-corrected chi connectivity index (χ2v) is 9.09. The number of rotatable bonds is 7. The first-order valence-electron chi connectivity index (χ1n) is 11.6. The molecule has 3 aromatic carbocycles. The first-order valence-corrected chi connectivity index (χ1v) is 11.6. The number of nitrogens with zero attached hydrogens (tertiary/aromatic N) is 2. The maximum Gasteiger partial charge on any atom is 0.224 e. The van der Waals surface area contributed by atoms with Crippen molar-refractivity contribution in [3.05, 3.63) is 102 Å². The molecule has 1 atom stereocenters. The van der Waals surface area contributed by atoms with Crippen molar-refractivity contribution in [3.8, 4) is 0 Å². The number of hydrogen-bond acceptors (Lipinski definition) is 2. The van der Waals surface area contributed by atoms with Crippen molar-refractivity contribution in [1.29, 1.82) is 0 Å². The van der Waals surface area contributed by atoms with Crippen LogP contribution in [0, 0.1) is 0 Å². The van der Waals surface area contributed by atoms with Gasteiger partial charge in [0.15, 0.2) is 0 Å². The molecule has 5 rings (SSSR count). The molecule has 0 aliphatic carbocycles. The number of anilines is 1. The van der Waals surface area contributed by atoms with Gasteiger partial charge in [-0.2, -0.15) is 0 Å². The first kappa shape index (κ1) is 21.8. The lowest BCUT2D eigenvalue weighted by atomic mass is 9.90. The van der Waals surface area contributed by atoms with E-state index in [9.17, 15) is 4.79 Å². The fraction of sp³-hybridized carbons (Fsp3) is 0.207. The Morgan fingerprint density at radius 3 is 2.44 bits per heavy atom. The maximum atomic E-state index is 13.0. The van der Waals surface area contributed by atoms with Gasteiger partial charge in [-0.15, -0.1) is 0 Å². The van der Waals surface area contributed by atoms with Gasteiger partial charge in [0.1, 0.15) is 0 Å². The van der Waals surface area contributed by atoms with Crippen LogP contribution in [0.15, 0.2) is 85.2 Å². The molecule has 1 unspecified atom stereocenters. The van der Waals surface area contributed by atoms with Gasteiger partial charge in [0, 0.05) is 73.5 Å². The number of para-hydroxylation sites is 2. The van der Waals surface area contributed by atoms with E-state index in [2.05, 4.69) is 86.8 Å². The van der Waals surface area contributed by atoms with Gasteiger partial charge in [-0.1, -0.05) is 48.5 Å². The Kier molecular flexibility index (Phi) is 5.84. The molecular formula is C29H30N4O. The van der Waals surface area contributed by atoms with Gasteiger partial charge in [0.25, 0.3) is 0 Å². The van der Waals surface area contributed by atoms with Crippen LogP contribution in [0.1, 0.15) is 22.6 Å². The summed E-state index contributed by atoms with van der Waals surface area (Å²) in [5.41, 5.74) is 6.83. The van der Waals surface area contributed by atoms with Gasteiger partial charge in [-0.3, -0.25) is 4.79 Å². The lowest BCUT2D eigenvalue weighted by molar-refractivity contribution is -0.120. The second kappa shape index (κ2) is 9.10. The second-order valence-electron chi connectivity index (χ2n) is 9.09. The minimum Gasteiger partial charge on any atom is -0.378 e. The van der Waals surface area contributed by atoms with Gasteiger partial charge in [-0.25, -0.2) is 0 Å². The molecule has 0 saturated carbocycles. The molecular weight excluding hydrogens is 420 g/mol. The molecule has 0 aliphatic rings. The summed E-state index contributed by atoms with van der Waals surface area (Å²) in [6.45, 7) is 0.534. The minimum atomic E-state index is 0.0334. The first-order chi connectivity index (χ1) is 16.5. The number of carbonyl (C=O) groups excluding carboxylic acids is 1. The lowest BCUT2D eigenvalue weighted by Gasteiger charge is -2.20. The summed E-state index contributed by atoms with van der Waals surface area (Å²) in [5.74, 6) is 0.0786. The molecule has 1 amide bonds. The highest BCUT2D eigenvalue weighted by Gasteiger charge is 2.20. The fourth-order valence-electron chi connectivity index (χ4n) is 4.81. The van der Waals surface area contributed by atoms with Crippen LogP contribution in [0.25, 0.3) is 21.8 Å². The highest BCUT2D eigenvalue weighted by molar-refractivity contribution is 5.89. The minimum absolute atomic E-state index is 0.0334. The van der Waals surface area contributed by atoms with E-state index in [0.717, 1.165) is 27.7 Å². The summed E-state index contributed by atoms with van der Waals surface area (Å²) >= 11 is 0. The number of nitrogens with one attached hydrogen (secondary N) is 2. The zero-order valence-electron chi connectivity index (χ0n) is 19.9. The molecule has 0 spiro atoms. The van der Waals surface area contributed by atoms with Crippen molar-refractivity contribution in [3.63, 3.8) is 0 Å². The molecule has 0 saturated heterocycles. The van der Waals surface area contributed by atoms with Crippen molar-refractivity contribution in [1.82, 2.24) is 14.9 Å². The Bertz CT molecular complexity index is 1440. The van der Waals surface area contributed by atoms with Crippen LogP contribution in [0.5, 0.6) is 0 Å². The standard InChI is InChI=1S/C29H30N4O/c1-32(2)22-14-12-20(13-15-22)25(26-18-30-27-10-6-4-9-24(26)27)17-31-29(34)16-21-19-33(3)28-11-7-5-8-23(21)28/h4-15,18-19,25,30H,16-17H2,1-3H3,(H,31,34). The summed E-state index contributed by atoms with van der Waals surface area (Å²) < 4.78 is 2.08. The number of aromatic nitrogens is 2. The predicted molar refractivity (Wildman–Crippen MR) is 141 cm³/mol. The van der Waals surface area contributed by atoms with E-state index in [0.29, 0.717) is 13.0 Å². The SMILES string of the molecule is CN(C)c1ccc(C(CNC(=O)Cc2cn(C)c3ccccc23)c2c[nH]c3ccccc23)cc1. The Labute approximate surface area is 200 Å². The molecule has 0 bridgehead atoms. The number of amides is 1. The Morgan fingerprint density at radius 1 is 0.971 bits per heavy atom. The number of benzene rings is 3. The van der Waals surface area contributed by atoms with Crippen molar-refractivity contribution in [2.45, 2.75) is 12.3 Å². The van der Waals surface area contributed by atoms with E-state index in [1.165, 1.54) is 16.5 Å². The van der Waals surface area contributed by atoms with Crippen molar-refractivity contribution >= 4 is 33.4 Å². The molecule has 2 heterocycles. The molecule has 2 N–H and O–H groups in total. The highest BCUT2D eigenvalue weighted by atomic mass is 16.1. The van der Waals surface area contributed by atoms with Crippen LogP contribution >= 0.6 is 0 Å². The van der Waals surface area contributed by atoms with E-state index in [1.54, 1.807) is 0 Å². The third kappa shape index (κ3) is 4.17. The largest absolute Gasteiger partial charge is 0.378 e. The van der Waals surface area contributed by atoms with Crippen LogP contribution in [0.2, 0.25) is 0 Å². The summed E-state index contributed by atoms with van der Waals surface area (Å²) in [4.78, 5) is 18.5. The summed E-state index contributed by atoms with van der Waals surface area (Å²) in [6.07, 6.45) is 4.49. The molecule has 5 nitrogen and oxygen atoms in total. The van der Waals surface area contributed by atoms with Gasteiger partial charge >= 0.3 is 0 Å². The molecule has 0 radical (unpaired) electrons. The predicted octanol–water partition coefficient (Wildman–Crippen LogP) is 5.22. The molecule has 5 aromatic rings. The highest BCUT2D eigenvalue weighted by Crippen LogP contribution is 2.31. The van der Waals surface area contributed by atoms with E-state index in [4.69, 9.17) is 0 Å². The summed E-state index contributed by atoms with van der Waals surface area (Å²) in [6, 6.07) is 25.1. The molecule has 0 aliphatic heterocycles. The van der Waals surface area contributed by atoms with Crippen molar-refractivity contribution in [2.75, 3.05) is 25.5 Å². The zero-order valence-corrected chi connectivity index (χ0v) is 19.9. The van der Waals surface area contributed by atoms with Crippen LogP contribution < -0.4 is 10.2 Å². The van der Waals surface area contributed by atoms with Gasteiger partial charge < -0.3 is 19.8 Å². The smallest absolute Gasteiger partial charge is 0.224 e. The van der Waals surface area contributed by atoms with Crippen LogP contribution in [0.4, 0.5) is 5.69 Å². The number of carbonyl (C=O) groups is 1. The van der Waals surface area contributed by atoms with Gasteiger partial charge in [0.05, 0.1) is 6.42 Å². The average molecular weight is 451 g/mol. The lowest BCUT2D eigenvalue weighted by Crippen LogP contribution is -2.30. The normalized spacial score (nSPS) is 12.2. The van der Waals surface area contributed by atoms with Crippen LogP contribution in [0.3, 0.4) is 0 Å². The van der Waals surface area contributed by atoms with Crippen LogP contribution in [-0.4, -0.2) is 36.1 Å². The summed E-state index contributed by atoms with van der Waals surface area (Å²) in [5, 5.41) is 5.54. The van der Waals surface area contributed by atoms with E-state index in [1.807, 2.05) is 39.3 Å². The summed E-state index contributed by atoms with van der Waals surface area (Å²) in [7, 11) is 6.10. The van der Waals surface area contributed by atoms with E-state index in [-0.39, 0.29) is 11.8 Å². The topological polar surface area (TPSA) is 53.1 Å². The fourth-order valence-corrected chi connectivity index (χ4v) is 4.81. The maximum absolute atomic E-state index is 13.0. The number of fused-ring (bicyclic) bond motifs is 2. The van der Waals surface area contributed by atoms with E-state index < -0.39 is 0 Å². The van der Waals surface area contributed by atoms with Crippen molar-refractivity contribution in [2.24, 2.45) is 7.05 Å². The van der Waals surface area contributed by atoms with Gasteiger partial charge in [0.2, 0.25) is 5.91 Å². The Balaban J connectivity index is 1.41. The number of hydrogen-bond donors (Lipinski definition) is 2. The molecule has 5 heteroatoms. The third-order valence-electron chi connectivity index (χ3n) is 6.64. The van der Waals surface area contributed by atoms with E-state index >= 15 is 0 Å². The molecule has 34 heavy (non-hydrogen) atoms. The monoisotopic (exact) mass is 450 g/mol. The number of aromatic amines is 1. The molecule has 2 aromatic heterocycles. The number of H-pyrrole nitrogens is 1. The van der Waals surface area contributed by atoms with Crippen molar-refractivity contribution < 1.29 is 4.79 Å². The quantitative estimate of drug-likeness (QED) is 0.357. The Hall–Kier alpha value is -3.99. The Morgan fingerprint density at radius 2 is 1.68 bits per heavy atom. The third-order valence-corrected chi connectivity index (χ3v) is 6.64. The number of aryl methyl sites for hydroxylation is 1. The molecule has 172 valence electrons. The van der Waals surface area contributed by atoms with Crippen LogP contribution in [-0.2, 0) is 18.3 Å². The molecule has 0 fully saturated rings. The average Bonchev–Trinajstić information content (AvgIpc) is 3.41.